The van der Waals surface area contributed by atoms with Gasteiger partial charge in [-0.2, -0.15) is 0 Å². The summed E-state index contributed by atoms with van der Waals surface area (Å²) < 4.78 is 25.8. The average molecular weight is 399 g/mol. The van der Waals surface area contributed by atoms with Crippen LogP contribution in [0.3, 0.4) is 0 Å². The van der Waals surface area contributed by atoms with Crippen molar-refractivity contribution in [2.75, 3.05) is 31.3 Å². The zero-order chi connectivity index (χ0) is 16.6. The van der Waals surface area contributed by atoms with Crippen molar-refractivity contribution in [3.63, 3.8) is 0 Å². The lowest BCUT2D eigenvalue weighted by atomic mass is 10.1. The molecule has 1 aliphatic rings. The summed E-state index contributed by atoms with van der Waals surface area (Å²) in [6, 6.07) is 5.98. The number of halogens is 1. The van der Waals surface area contributed by atoms with Gasteiger partial charge in [-0.25, -0.2) is 22.7 Å². The predicted octanol–water partition coefficient (Wildman–Crippen LogP) is 2.25. The van der Waals surface area contributed by atoms with Crippen LogP contribution in [0.1, 0.15) is 12.8 Å². The van der Waals surface area contributed by atoms with Gasteiger partial charge in [0.25, 0.3) is 0 Å². The highest BCUT2D eigenvalue weighted by molar-refractivity contribution is 9.10. The van der Waals surface area contributed by atoms with Crippen molar-refractivity contribution in [1.82, 2.24) is 14.3 Å². The van der Waals surface area contributed by atoms with Gasteiger partial charge >= 0.3 is 0 Å². The highest BCUT2D eigenvalue weighted by Crippen LogP contribution is 2.23. The fourth-order valence-corrected chi connectivity index (χ4v) is 3.98. The second-order valence-electron chi connectivity index (χ2n) is 5.87. The van der Waals surface area contributed by atoms with Crippen LogP contribution in [0.25, 0.3) is 10.9 Å². The molecule has 8 heteroatoms. The Balaban J connectivity index is 1.74. The Bertz CT molecular complexity index is 819. The molecule has 0 bridgehead atoms. The van der Waals surface area contributed by atoms with Gasteiger partial charge < -0.3 is 4.90 Å². The van der Waals surface area contributed by atoms with Gasteiger partial charge in [-0.15, -0.1) is 0 Å². The zero-order valence-electron chi connectivity index (χ0n) is 13.1. The highest BCUT2D eigenvalue weighted by atomic mass is 79.9. The number of benzene rings is 1. The van der Waals surface area contributed by atoms with Crippen molar-refractivity contribution in [3.05, 3.63) is 28.9 Å². The molecule has 0 unspecified atom stereocenters. The summed E-state index contributed by atoms with van der Waals surface area (Å²) in [4.78, 5) is 11.2. The quantitative estimate of drug-likeness (QED) is 0.792. The van der Waals surface area contributed by atoms with Gasteiger partial charge in [0.15, 0.2) is 0 Å². The van der Waals surface area contributed by atoms with Crippen LogP contribution in [0.15, 0.2) is 28.9 Å². The molecule has 1 fully saturated rings. The summed E-state index contributed by atoms with van der Waals surface area (Å²) >= 11 is 3.44. The van der Waals surface area contributed by atoms with Crippen molar-refractivity contribution in [2.24, 2.45) is 0 Å². The Morgan fingerprint density at radius 3 is 2.65 bits per heavy atom. The standard InChI is InChI=1S/C15H19BrN4O2S/c1-19(23(2,21)22)13-5-7-20(8-6-13)15-17-10-11-9-12(16)3-4-14(11)18-15/h3-4,9-10,13H,5-8H2,1-2H3. The normalized spacial score (nSPS) is 17.1. The first-order chi connectivity index (χ1) is 10.8. The van der Waals surface area contributed by atoms with Crippen LogP contribution in [0.4, 0.5) is 5.95 Å². The molecule has 1 aromatic carbocycles. The summed E-state index contributed by atoms with van der Waals surface area (Å²) in [7, 11) is -1.49. The van der Waals surface area contributed by atoms with Gasteiger partial charge in [-0.3, -0.25) is 0 Å². The van der Waals surface area contributed by atoms with E-state index in [0.29, 0.717) is 5.95 Å². The second-order valence-corrected chi connectivity index (χ2v) is 8.83. The third kappa shape index (κ3) is 3.64. The number of aromatic nitrogens is 2. The lowest BCUT2D eigenvalue weighted by Gasteiger charge is -2.35. The number of nitrogens with zero attached hydrogens (tertiary/aromatic N) is 4. The predicted molar refractivity (Wildman–Crippen MR) is 95.1 cm³/mol. The molecule has 0 spiro atoms. The molecule has 2 heterocycles. The average Bonchev–Trinajstić information content (AvgIpc) is 2.53. The van der Waals surface area contributed by atoms with Crippen molar-refractivity contribution < 1.29 is 8.42 Å². The molecular weight excluding hydrogens is 380 g/mol. The minimum absolute atomic E-state index is 0.0534. The van der Waals surface area contributed by atoms with E-state index in [-0.39, 0.29) is 6.04 Å². The number of sulfonamides is 1. The highest BCUT2D eigenvalue weighted by Gasteiger charge is 2.28. The van der Waals surface area contributed by atoms with Crippen LogP contribution in [0, 0.1) is 0 Å². The fourth-order valence-electron chi connectivity index (χ4n) is 2.85. The largest absolute Gasteiger partial charge is 0.341 e. The lowest BCUT2D eigenvalue weighted by molar-refractivity contribution is 0.313. The van der Waals surface area contributed by atoms with Crippen LogP contribution in [-0.2, 0) is 10.0 Å². The number of rotatable bonds is 3. The summed E-state index contributed by atoms with van der Waals surface area (Å²) in [6.45, 7) is 1.51. The molecule has 1 aliphatic heterocycles. The molecule has 23 heavy (non-hydrogen) atoms. The van der Waals surface area contributed by atoms with E-state index >= 15 is 0 Å². The molecule has 3 rings (SSSR count). The van der Waals surface area contributed by atoms with E-state index in [9.17, 15) is 8.42 Å². The first-order valence-corrected chi connectivity index (χ1v) is 10.1. The molecule has 6 nitrogen and oxygen atoms in total. The second kappa shape index (κ2) is 6.33. The Morgan fingerprint density at radius 2 is 2.00 bits per heavy atom. The maximum atomic E-state index is 11.6. The Hall–Kier alpha value is -1.25. The van der Waals surface area contributed by atoms with E-state index in [1.807, 2.05) is 24.4 Å². The summed E-state index contributed by atoms with van der Waals surface area (Å²) in [5.41, 5.74) is 0.911. The minimum atomic E-state index is -3.14. The first-order valence-electron chi connectivity index (χ1n) is 7.45. The van der Waals surface area contributed by atoms with Crippen molar-refractivity contribution in [2.45, 2.75) is 18.9 Å². The Kier molecular flexibility index (Phi) is 4.57. The van der Waals surface area contributed by atoms with E-state index < -0.39 is 10.0 Å². The van der Waals surface area contributed by atoms with Crippen LogP contribution < -0.4 is 4.90 Å². The molecule has 0 aliphatic carbocycles. The molecule has 0 atom stereocenters. The smallest absolute Gasteiger partial charge is 0.225 e. The van der Waals surface area contributed by atoms with Gasteiger partial charge in [-0.1, -0.05) is 15.9 Å². The molecular formula is C15H19BrN4O2S. The zero-order valence-corrected chi connectivity index (χ0v) is 15.5. The summed E-state index contributed by atoms with van der Waals surface area (Å²) in [6.07, 6.45) is 4.65. The number of hydrogen-bond acceptors (Lipinski definition) is 5. The molecule has 1 saturated heterocycles. The summed E-state index contributed by atoms with van der Waals surface area (Å²) in [5.74, 6) is 0.709. The van der Waals surface area contributed by atoms with Crippen LogP contribution in [0.2, 0.25) is 0 Å². The lowest BCUT2D eigenvalue weighted by Crippen LogP contribution is -2.45. The number of fused-ring (bicyclic) bond motifs is 1. The van der Waals surface area contributed by atoms with E-state index in [0.717, 1.165) is 41.3 Å². The Morgan fingerprint density at radius 1 is 1.30 bits per heavy atom. The molecule has 0 N–H and O–H groups in total. The van der Waals surface area contributed by atoms with Gasteiger partial charge in [0, 0.05) is 42.2 Å². The van der Waals surface area contributed by atoms with Gasteiger partial charge in [0.05, 0.1) is 11.8 Å². The maximum Gasteiger partial charge on any atom is 0.225 e. The molecule has 0 amide bonds. The van der Waals surface area contributed by atoms with Gasteiger partial charge in [-0.05, 0) is 31.0 Å². The van der Waals surface area contributed by atoms with E-state index in [2.05, 4.69) is 30.8 Å². The number of piperidine rings is 1. The van der Waals surface area contributed by atoms with E-state index in [1.165, 1.54) is 10.6 Å². The van der Waals surface area contributed by atoms with Gasteiger partial charge in [0.1, 0.15) is 0 Å². The van der Waals surface area contributed by atoms with Gasteiger partial charge in [0.2, 0.25) is 16.0 Å². The molecule has 2 aromatic rings. The van der Waals surface area contributed by atoms with E-state index in [1.54, 1.807) is 7.05 Å². The van der Waals surface area contributed by atoms with Crippen molar-refractivity contribution in [1.29, 1.82) is 0 Å². The molecule has 0 radical (unpaired) electrons. The minimum Gasteiger partial charge on any atom is -0.341 e. The monoisotopic (exact) mass is 398 g/mol. The Labute approximate surface area is 144 Å². The van der Waals surface area contributed by atoms with Crippen molar-refractivity contribution >= 4 is 42.8 Å². The van der Waals surface area contributed by atoms with Crippen LogP contribution in [-0.4, -0.2) is 55.1 Å². The topological polar surface area (TPSA) is 66.4 Å². The number of hydrogen-bond donors (Lipinski definition) is 0. The fraction of sp³-hybridized carbons (Fsp3) is 0.467. The van der Waals surface area contributed by atoms with Crippen LogP contribution in [0.5, 0.6) is 0 Å². The van der Waals surface area contributed by atoms with Crippen LogP contribution >= 0.6 is 15.9 Å². The maximum absolute atomic E-state index is 11.6. The molecule has 124 valence electrons. The first kappa shape index (κ1) is 16.6. The SMILES string of the molecule is CN(C1CCN(c2ncc3cc(Br)ccc3n2)CC1)S(C)(=O)=O. The molecule has 1 aromatic heterocycles. The molecule has 0 saturated carbocycles. The third-order valence-corrected chi connectivity index (χ3v) is 6.15. The van der Waals surface area contributed by atoms with Crippen molar-refractivity contribution in [3.8, 4) is 0 Å². The van der Waals surface area contributed by atoms with E-state index in [4.69, 9.17) is 0 Å². The summed E-state index contributed by atoms with van der Waals surface area (Å²) in [5, 5.41) is 0.995. The number of anilines is 1. The third-order valence-electron chi connectivity index (χ3n) is 4.31.